The van der Waals surface area contributed by atoms with Gasteiger partial charge in [0.1, 0.15) is 11.9 Å². The summed E-state index contributed by atoms with van der Waals surface area (Å²) in [4.78, 5) is 25.3. The van der Waals surface area contributed by atoms with E-state index in [2.05, 4.69) is 10.4 Å². The van der Waals surface area contributed by atoms with Gasteiger partial charge in [0.2, 0.25) is 5.91 Å². The minimum Gasteiger partial charge on any atom is -0.343 e. The largest absolute Gasteiger partial charge is 0.343 e. The Morgan fingerprint density at radius 1 is 1.34 bits per heavy atom. The summed E-state index contributed by atoms with van der Waals surface area (Å²) in [6.45, 7) is 0.592. The molecule has 1 aromatic carbocycles. The van der Waals surface area contributed by atoms with Crippen molar-refractivity contribution < 1.29 is 22.8 Å². The Morgan fingerprint density at radius 3 is 2.69 bits per heavy atom. The van der Waals surface area contributed by atoms with Crippen LogP contribution >= 0.6 is 0 Å². The predicted molar refractivity (Wildman–Crippen MR) is 95.5 cm³/mol. The van der Waals surface area contributed by atoms with Gasteiger partial charge in [-0.1, -0.05) is 12.1 Å². The zero-order valence-corrected chi connectivity index (χ0v) is 15.5. The fourth-order valence-electron chi connectivity index (χ4n) is 3.15. The van der Waals surface area contributed by atoms with Gasteiger partial charge in [-0.15, -0.1) is 0 Å². The molecule has 2 heterocycles. The molecule has 10 heteroatoms. The Kier molecular flexibility index (Phi) is 5.59. The Balaban J connectivity index is 1.61. The number of alkyl halides is 2. The number of amides is 2. The van der Waals surface area contributed by atoms with E-state index in [1.807, 2.05) is 0 Å². The molecule has 29 heavy (non-hydrogen) atoms. The highest BCUT2D eigenvalue weighted by Crippen LogP contribution is 2.31. The van der Waals surface area contributed by atoms with Gasteiger partial charge in [-0.25, -0.2) is 13.2 Å². The summed E-state index contributed by atoms with van der Waals surface area (Å²) in [5, 5.41) is 15.6. The lowest BCUT2D eigenvalue weighted by atomic mass is 10.2. The van der Waals surface area contributed by atoms with Gasteiger partial charge in [-0.05, 0) is 24.6 Å². The number of hydrogen-bond donors (Lipinski definition) is 1. The number of carbonyl (C=O) groups excluding carboxylic acids is 2. The lowest BCUT2D eigenvalue weighted by Crippen LogP contribution is -2.43. The first kappa shape index (κ1) is 20.4. The molecule has 1 fully saturated rings. The summed E-state index contributed by atoms with van der Waals surface area (Å²) < 4.78 is 41.4. The fraction of sp³-hybridized carbons (Fsp3) is 0.368. The second-order valence-electron chi connectivity index (χ2n) is 6.86. The molecule has 7 nitrogen and oxygen atoms in total. The van der Waals surface area contributed by atoms with Gasteiger partial charge in [-0.2, -0.15) is 10.4 Å². The monoisotopic (exact) mass is 405 g/mol. The molecule has 0 unspecified atom stereocenters. The summed E-state index contributed by atoms with van der Waals surface area (Å²) in [5.41, 5.74) is 1.43. The Bertz CT molecular complexity index is 965. The molecule has 0 radical (unpaired) electrons. The van der Waals surface area contributed by atoms with E-state index in [1.165, 1.54) is 23.0 Å². The van der Waals surface area contributed by atoms with Crippen LogP contribution in [0.1, 0.15) is 28.0 Å². The smallest absolute Gasteiger partial charge is 0.268 e. The van der Waals surface area contributed by atoms with Crippen LogP contribution in [0.4, 0.5) is 13.2 Å². The summed E-state index contributed by atoms with van der Waals surface area (Å²) in [6, 6.07) is 6.31. The highest BCUT2D eigenvalue weighted by atomic mass is 19.3. The number of halogens is 3. The van der Waals surface area contributed by atoms with Crippen LogP contribution in [0.15, 0.2) is 30.5 Å². The molecular weight excluding hydrogens is 387 g/mol. The Morgan fingerprint density at radius 2 is 2.03 bits per heavy atom. The van der Waals surface area contributed by atoms with Crippen LogP contribution < -0.4 is 5.32 Å². The number of likely N-dealkylation sites (tertiary alicyclic amines) is 1. The maximum atomic E-state index is 13.4. The van der Waals surface area contributed by atoms with Gasteiger partial charge >= 0.3 is 0 Å². The van der Waals surface area contributed by atoms with Gasteiger partial charge in [0.05, 0.1) is 37.0 Å². The zero-order valence-electron chi connectivity index (χ0n) is 15.5. The number of benzene rings is 1. The molecule has 3 rings (SSSR count). The topological polar surface area (TPSA) is 91.0 Å². The van der Waals surface area contributed by atoms with Gasteiger partial charge in [0.25, 0.3) is 11.8 Å². The molecule has 1 saturated heterocycles. The number of carbonyl (C=O) groups is 2. The molecule has 2 amide bonds. The van der Waals surface area contributed by atoms with E-state index in [9.17, 15) is 22.8 Å². The van der Waals surface area contributed by atoms with Crippen LogP contribution in [0.3, 0.4) is 0 Å². The average Bonchev–Trinajstić information content (AvgIpc) is 3.20. The number of nitrogens with one attached hydrogen (secondary N) is 1. The van der Waals surface area contributed by atoms with Crippen LogP contribution in [0.5, 0.6) is 0 Å². The molecule has 0 bridgehead atoms. The van der Waals surface area contributed by atoms with Crippen LogP contribution in [0.25, 0.3) is 0 Å². The van der Waals surface area contributed by atoms with E-state index in [0.717, 1.165) is 10.5 Å². The molecule has 1 N–H and O–H groups in total. The van der Waals surface area contributed by atoms with Gasteiger partial charge in [0, 0.05) is 12.6 Å². The molecular formula is C19H18F3N5O2. The third kappa shape index (κ3) is 4.74. The van der Waals surface area contributed by atoms with Crippen LogP contribution in [-0.4, -0.2) is 51.5 Å². The van der Waals surface area contributed by atoms with Crippen molar-refractivity contribution in [3.05, 3.63) is 53.1 Å². The average molecular weight is 405 g/mol. The number of nitrogens with zero attached hydrogens (tertiary/aromatic N) is 4. The van der Waals surface area contributed by atoms with Crippen molar-refractivity contribution in [2.24, 2.45) is 0 Å². The zero-order chi connectivity index (χ0) is 21.2. The number of nitriles is 1. The normalized spacial score (nSPS) is 17.8. The van der Waals surface area contributed by atoms with Crippen molar-refractivity contribution in [2.75, 3.05) is 13.1 Å². The standard InChI is InChI=1S/C19H18F3N5O2/c1-12-16(10-26(25-12)9-13-2-4-14(20)5-3-13)18(29)24-8-17(28)27-11-19(21,22)6-15(27)7-23/h2-5,10,15H,6,8-9,11H2,1H3,(H,24,29)/t15-/m0/s1. The van der Waals surface area contributed by atoms with E-state index in [1.54, 1.807) is 25.1 Å². The summed E-state index contributed by atoms with van der Waals surface area (Å²) in [5.74, 6) is -4.80. The SMILES string of the molecule is Cc1nn(Cc2ccc(F)cc2)cc1C(=O)NCC(=O)N1CC(F)(F)C[C@H]1C#N. The summed E-state index contributed by atoms with van der Waals surface area (Å²) in [6.07, 6.45) is 0.777. The van der Waals surface area contributed by atoms with E-state index >= 15 is 0 Å². The molecule has 0 saturated carbocycles. The van der Waals surface area contributed by atoms with Crippen LogP contribution in [0.2, 0.25) is 0 Å². The minimum absolute atomic E-state index is 0.225. The highest BCUT2D eigenvalue weighted by molar-refractivity contribution is 5.97. The van der Waals surface area contributed by atoms with Gasteiger partial charge in [0.15, 0.2) is 0 Å². The van der Waals surface area contributed by atoms with Crippen molar-refractivity contribution >= 4 is 11.8 Å². The highest BCUT2D eigenvalue weighted by Gasteiger charge is 2.47. The maximum absolute atomic E-state index is 13.4. The summed E-state index contributed by atoms with van der Waals surface area (Å²) in [7, 11) is 0. The molecule has 2 aromatic rings. The second-order valence-corrected chi connectivity index (χ2v) is 6.86. The molecule has 1 aliphatic rings. The van der Waals surface area contributed by atoms with Gasteiger partial charge in [-0.3, -0.25) is 14.3 Å². The second kappa shape index (κ2) is 7.95. The molecule has 0 spiro atoms. The van der Waals surface area contributed by atoms with E-state index < -0.39 is 43.3 Å². The first-order valence-electron chi connectivity index (χ1n) is 8.82. The maximum Gasteiger partial charge on any atom is 0.268 e. The van der Waals surface area contributed by atoms with Gasteiger partial charge < -0.3 is 10.2 Å². The third-order valence-electron chi connectivity index (χ3n) is 4.59. The number of aromatic nitrogens is 2. The lowest BCUT2D eigenvalue weighted by Gasteiger charge is -2.19. The predicted octanol–water partition coefficient (Wildman–Crippen LogP) is 1.87. The molecule has 1 aromatic heterocycles. The van der Waals surface area contributed by atoms with Crippen LogP contribution in [-0.2, 0) is 11.3 Å². The van der Waals surface area contributed by atoms with E-state index in [-0.39, 0.29) is 11.4 Å². The number of rotatable bonds is 5. The van der Waals surface area contributed by atoms with Crippen molar-refractivity contribution in [2.45, 2.75) is 31.9 Å². The molecule has 152 valence electrons. The number of aryl methyl sites for hydroxylation is 1. The fourth-order valence-corrected chi connectivity index (χ4v) is 3.15. The number of hydrogen-bond acceptors (Lipinski definition) is 4. The Hall–Kier alpha value is -3.35. The minimum atomic E-state index is -3.11. The van der Waals surface area contributed by atoms with Crippen molar-refractivity contribution in [3.8, 4) is 6.07 Å². The van der Waals surface area contributed by atoms with Crippen molar-refractivity contribution in [3.63, 3.8) is 0 Å². The van der Waals surface area contributed by atoms with Crippen molar-refractivity contribution in [1.82, 2.24) is 20.0 Å². The molecule has 1 aliphatic heterocycles. The van der Waals surface area contributed by atoms with E-state index in [0.29, 0.717) is 12.2 Å². The summed E-state index contributed by atoms with van der Waals surface area (Å²) >= 11 is 0. The Labute approximate surface area is 164 Å². The quantitative estimate of drug-likeness (QED) is 0.822. The van der Waals surface area contributed by atoms with Crippen LogP contribution in [0, 0.1) is 24.1 Å². The molecule has 0 aliphatic carbocycles. The molecule has 1 atom stereocenters. The van der Waals surface area contributed by atoms with E-state index in [4.69, 9.17) is 5.26 Å². The first-order valence-corrected chi connectivity index (χ1v) is 8.82. The first-order chi connectivity index (χ1) is 13.7. The van der Waals surface area contributed by atoms with Crippen molar-refractivity contribution in [1.29, 1.82) is 5.26 Å². The lowest BCUT2D eigenvalue weighted by molar-refractivity contribution is -0.131. The third-order valence-corrected chi connectivity index (χ3v) is 4.59.